The number of rotatable bonds is 7. The Balaban J connectivity index is 1.54. The lowest BCUT2D eigenvalue weighted by Crippen LogP contribution is -2.30. The summed E-state index contributed by atoms with van der Waals surface area (Å²) in [4.78, 5) is 26.1. The number of anilines is 1. The molecule has 0 radical (unpaired) electrons. The van der Waals surface area contributed by atoms with Crippen LogP contribution < -0.4 is 4.90 Å². The maximum atomic E-state index is 13.7. The molecule has 38 heavy (non-hydrogen) atoms. The van der Waals surface area contributed by atoms with Crippen molar-refractivity contribution in [2.45, 2.75) is 6.52 Å². The fourth-order valence-electron chi connectivity index (χ4n) is 4.21. The van der Waals surface area contributed by atoms with Gasteiger partial charge in [-0.2, -0.15) is 5.10 Å². The Kier molecular flexibility index (Phi) is 6.70. The van der Waals surface area contributed by atoms with Crippen LogP contribution in [0.4, 0.5) is 5.69 Å². The van der Waals surface area contributed by atoms with Crippen molar-refractivity contribution in [1.82, 2.24) is 9.78 Å². The SMILES string of the molecule is [2H]C(c1ccc(-c2ccc3c(cnn3C)c2)cc1Cl)N(C(=O)c1ccccc1)c1cccc(/C=C/C(=O)O)c1. The van der Waals surface area contributed by atoms with Crippen LogP contribution in [0.1, 0.15) is 22.9 Å². The number of carbonyl (C=O) groups is 2. The summed E-state index contributed by atoms with van der Waals surface area (Å²) in [5.74, 6) is -1.46. The second kappa shape index (κ2) is 10.7. The maximum absolute atomic E-state index is 13.7. The van der Waals surface area contributed by atoms with Gasteiger partial charge in [0.2, 0.25) is 0 Å². The minimum atomic E-state index is -1.17. The Morgan fingerprint density at radius 3 is 2.53 bits per heavy atom. The first kappa shape index (κ1) is 23.7. The van der Waals surface area contributed by atoms with E-state index in [4.69, 9.17) is 18.1 Å². The van der Waals surface area contributed by atoms with Gasteiger partial charge < -0.3 is 10.0 Å². The number of fused-ring (bicyclic) bond motifs is 1. The molecule has 7 heteroatoms. The van der Waals surface area contributed by atoms with Gasteiger partial charge in [0.05, 0.1) is 19.6 Å². The molecule has 0 saturated heterocycles. The number of amides is 1. The van der Waals surface area contributed by atoms with Gasteiger partial charge in [-0.25, -0.2) is 4.79 Å². The number of hydrogen-bond acceptors (Lipinski definition) is 3. The zero-order valence-electron chi connectivity index (χ0n) is 21.5. The third-order valence-corrected chi connectivity index (χ3v) is 6.48. The number of carboxylic acids is 1. The predicted octanol–water partition coefficient (Wildman–Crippen LogP) is 6.84. The molecule has 4 aromatic carbocycles. The number of halogens is 1. The van der Waals surface area contributed by atoms with E-state index in [0.29, 0.717) is 27.4 Å². The Labute approximate surface area is 226 Å². The summed E-state index contributed by atoms with van der Waals surface area (Å²) in [5, 5.41) is 14.7. The number of aliphatic carboxylic acids is 1. The number of aromatic nitrogens is 2. The van der Waals surface area contributed by atoms with Crippen molar-refractivity contribution in [2.75, 3.05) is 4.90 Å². The summed E-state index contributed by atoms with van der Waals surface area (Å²) in [6.07, 6.45) is 4.28. The molecule has 1 N–H and O–H groups in total. The molecular formula is C31H24ClN3O3. The summed E-state index contributed by atoms with van der Waals surface area (Å²) < 4.78 is 11.0. The molecule has 5 rings (SSSR count). The monoisotopic (exact) mass is 522 g/mol. The molecule has 0 spiro atoms. The fraction of sp³-hybridized carbons (Fsp3) is 0.0645. The average Bonchev–Trinajstić information content (AvgIpc) is 3.32. The number of benzene rings is 4. The fourth-order valence-corrected chi connectivity index (χ4v) is 4.44. The maximum Gasteiger partial charge on any atom is 0.328 e. The van der Waals surface area contributed by atoms with E-state index in [1.807, 2.05) is 48.3 Å². The van der Waals surface area contributed by atoms with Gasteiger partial charge in [0, 0.05) is 34.8 Å². The number of nitrogens with zero attached hydrogens (tertiary/aromatic N) is 3. The van der Waals surface area contributed by atoms with Crippen LogP contribution in [0.2, 0.25) is 5.02 Å². The Bertz CT molecular complexity index is 1720. The highest BCUT2D eigenvalue weighted by Gasteiger charge is 2.20. The van der Waals surface area contributed by atoms with Gasteiger partial charge in [-0.15, -0.1) is 0 Å². The van der Waals surface area contributed by atoms with Crippen molar-refractivity contribution in [3.05, 3.63) is 125 Å². The molecule has 0 saturated carbocycles. The third-order valence-electron chi connectivity index (χ3n) is 6.15. The highest BCUT2D eigenvalue weighted by Crippen LogP contribution is 2.30. The molecule has 1 unspecified atom stereocenters. The molecule has 0 aliphatic heterocycles. The van der Waals surface area contributed by atoms with E-state index in [1.165, 1.54) is 11.0 Å². The van der Waals surface area contributed by atoms with Crippen molar-refractivity contribution >= 4 is 46.1 Å². The first-order valence-corrected chi connectivity index (χ1v) is 12.2. The topological polar surface area (TPSA) is 75.4 Å². The summed E-state index contributed by atoms with van der Waals surface area (Å²) in [5.41, 5.74) is 4.75. The zero-order valence-corrected chi connectivity index (χ0v) is 21.2. The van der Waals surface area contributed by atoms with Crippen molar-refractivity contribution in [2.24, 2.45) is 7.05 Å². The van der Waals surface area contributed by atoms with Crippen LogP contribution in [0.3, 0.4) is 0 Å². The van der Waals surface area contributed by atoms with Crippen LogP contribution in [-0.2, 0) is 18.4 Å². The lowest BCUT2D eigenvalue weighted by Gasteiger charge is -2.24. The van der Waals surface area contributed by atoms with Crippen LogP contribution in [0.25, 0.3) is 28.1 Å². The highest BCUT2D eigenvalue weighted by molar-refractivity contribution is 6.31. The molecular weight excluding hydrogens is 498 g/mol. The first-order chi connectivity index (χ1) is 18.8. The van der Waals surface area contributed by atoms with E-state index in [1.54, 1.807) is 60.7 Å². The van der Waals surface area contributed by atoms with Crippen LogP contribution in [-0.4, -0.2) is 26.8 Å². The van der Waals surface area contributed by atoms with E-state index in [0.717, 1.165) is 28.1 Å². The quantitative estimate of drug-likeness (QED) is 0.237. The molecule has 1 atom stereocenters. The highest BCUT2D eigenvalue weighted by atomic mass is 35.5. The zero-order chi connectivity index (χ0) is 27.5. The van der Waals surface area contributed by atoms with Gasteiger partial charge >= 0.3 is 5.97 Å². The van der Waals surface area contributed by atoms with Crippen LogP contribution in [0, 0.1) is 0 Å². The number of hydrogen-bond donors (Lipinski definition) is 1. The van der Waals surface area contributed by atoms with Gasteiger partial charge in [-0.05, 0) is 70.8 Å². The molecule has 0 aliphatic rings. The van der Waals surface area contributed by atoms with E-state index in [-0.39, 0.29) is 5.91 Å². The standard InChI is InChI=1S/C31H24ClN3O3/c1-34-29-14-13-23(17-26(29)19-33-34)24-11-12-25(28(32)18-24)20-35(31(38)22-7-3-2-4-8-22)27-9-5-6-21(16-27)10-15-30(36)37/h2-19H,20H2,1H3,(H,36,37)/b15-10+/i20D. The molecule has 6 nitrogen and oxygen atoms in total. The van der Waals surface area contributed by atoms with E-state index in [2.05, 4.69) is 5.10 Å². The number of carboxylic acid groups (broad SMARTS) is 1. The molecule has 0 bridgehead atoms. The van der Waals surface area contributed by atoms with Gasteiger partial charge in [0.15, 0.2) is 0 Å². The van der Waals surface area contributed by atoms with E-state index < -0.39 is 12.5 Å². The Morgan fingerprint density at radius 2 is 1.76 bits per heavy atom. The van der Waals surface area contributed by atoms with Crippen LogP contribution in [0.15, 0.2) is 103 Å². The van der Waals surface area contributed by atoms with Gasteiger partial charge in [-0.3, -0.25) is 9.48 Å². The van der Waals surface area contributed by atoms with Crippen molar-refractivity contribution < 1.29 is 16.1 Å². The van der Waals surface area contributed by atoms with E-state index in [9.17, 15) is 9.59 Å². The van der Waals surface area contributed by atoms with Gasteiger partial charge in [0.25, 0.3) is 5.91 Å². The molecule has 0 fully saturated rings. The van der Waals surface area contributed by atoms with E-state index >= 15 is 0 Å². The van der Waals surface area contributed by atoms with Crippen molar-refractivity contribution in [3.63, 3.8) is 0 Å². The first-order valence-electron chi connectivity index (χ1n) is 12.4. The lowest BCUT2D eigenvalue weighted by molar-refractivity contribution is -0.131. The Hall–Kier alpha value is -4.68. The predicted molar refractivity (Wildman–Crippen MR) is 151 cm³/mol. The molecule has 1 aromatic heterocycles. The minimum Gasteiger partial charge on any atom is -0.478 e. The molecule has 1 heterocycles. The Morgan fingerprint density at radius 1 is 1.00 bits per heavy atom. The summed E-state index contributed by atoms with van der Waals surface area (Å²) >= 11 is 6.74. The largest absolute Gasteiger partial charge is 0.478 e. The second-order valence-electron chi connectivity index (χ2n) is 8.71. The van der Waals surface area contributed by atoms with Crippen molar-refractivity contribution in [3.8, 4) is 11.1 Å². The summed E-state index contributed by atoms with van der Waals surface area (Å²) in [7, 11) is 1.89. The number of aryl methyl sites for hydroxylation is 1. The van der Waals surface area contributed by atoms with Crippen molar-refractivity contribution in [1.29, 1.82) is 0 Å². The van der Waals surface area contributed by atoms with Crippen LogP contribution in [0.5, 0.6) is 0 Å². The second-order valence-corrected chi connectivity index (χ2v) is 9.12. The summed E-state index contributed by atoms with van der Waals surface area (Å²) in [6, 6.07) is 27.0. The minimum absolute atomic E-state index is 0.353. The third kappa shape index (κ3) is 5.36. The lowest BCUT2D eigenvalue weighted by atomic mass is 10.0. The number of carbonyl (C=O) groups excluding carboxylic acids is 1. The van der Waals surface area contributed by atoms with Crippen LogP contribution >= 0.6 is 11.6 Å². The van der Waals surface area contributed by atoms with Gasteiger partial charge in [-0.1, -0.05) is 60.1 Å². The molecule has 5 aromatic rings. The smallest absolute Gasteiger partial charge is 0.328 e. The summed E-state index contributed by atoms with van der Waals surface area (Å²) in [6.45, 7) is -1.17. The average molecular weight is 523 g/mol. The molecule has 0 aliphatic carbocycles. The normalized spacial score (nSPS) is 12.4. The molecule has 188 valence electrons. The molecule has 1 amide bonds. The van der Waals surface area contributed by atoms with Gasteiger partial charge in [0.1, 0.15) is 0 Å².